The second-order valence-electron chi connectivity index (χ2n) is 6.98. The monoisotopic (exact) mass is 388 g/mol. The first-order chi connectivity index (χ1) is 13.5. The Morgan fingerprint density at radius 1 is 1.04 bits per heavy atom. The van der Waals surface area contributed by atoms with Gasteiger partial charge >= 0.3 is 0 Å². The van der Waals surface area contributed by atoms with Gasteiger partial charge in [-0.2, -0.15) is 0 Å². The van der Waals surface area contributed by atoms with E-state index in [1.165, 1.54) is 11.3 Å². The molecule has 0 bridgehead atoms. The Hall–Kier alpha value is -3.25. The second kappa shape index (κ2) is 6.14. The summed E-state index contributed by atoms with van der Waals surface area (Å²) in [5, 5.41) is 2.85. The Balaban J connectivity index is 1.83. The molecule has 1 atom stereocenters. The van der Waals surface area contributed by atoms with Crippen LogP contribution in [0.2, 0.25) is 0 Å². The number of aryl methyl sites for hydroxylation is 2. The molecule has 138 valence electrons. The van der Waals surface area contributed by atoms with Crippen molar-refractivity contribution < 1.29 is 9.21 Å². The minimum absolute atomic E-state index is 0.0992. The normalized spacial score (nSPS) is 16.0. The van der Waals surface area contributed by atoms with E-state index in [9.17, 15) is 9.59 Å². The van der Waals surface area contributed by atoms with Crippen LogP contribution in [0, 0.1) is 13.8 Å². The molecule has 0 aliphatic carbocycles. The minimum atomic E-state index is -0.560. The fourth-order valence-corrected chi connectivity index (χ4v) is 4.35. The lowest BCUT2D eigenvalue weighted by Crippen LogP contribution is -2.29. The van der Waals surface area contributed by atoms with Gasteiger partial charge in [0, 0.05) is 11.6 Å². The molecule has 0 saturated heterocycles. The third-order valence-corrected chi connectivity index (χ3v) is 5.81. The van der Waals surface area contributed by atoms with E-state index in [4.69, 9.17) is 4.42 Å². The van der Waals surface area contributed by atoms with Crippen molar-refractivity contribution in [1.29, 1.82) is 0 Å². The van der Waals surface area contributed by atoms with E-state index in [-0.39, 0.29) is 17.1 Å². The van der Waals surface area contributed by atoms with Crippen LogP contribution in [0.3, 0.4) is 0 Å². The predicted molar refractivity (Wildman–Crippen MR) is 109 cm³/mol. The molecule has 0 fully saturated rings. The summed E-state index contributed by atoms with van der Waals surface area (Å²) in [6.07, 6.45) is 1.65. The van der Waals surface area contributed by atoms with Crippen LogP contribution in [0.25, 0.3) is 11.0 Å². The molecular weight excluding hydrogens is 372 g/mol. The topological polar surface area (TPSA) is 63.4 Å². The van der Waals surface area contributed by atoms with Crippen LogP contribution in [-0.2, 0) is 0 Å². The maximum atomic E-state index is 13.4. The fraction of sp³-hybridized carbons (Fsp3) is 0.136. The Kier molecular flexibility index (Phi) is 3.70. The summed E-state index contributed by atoms with van der Waals surface area (Å²) in [5.41, 5.74) is 3.56. The summed E-state index contributed by atoms with van der Waals surface area (Å²) >= 11 is 1.36. The van der Waals surface area contributed by atoms with Gasteiger partial charge in [0.1, 0.15) is 5.58 Å². The smallest absolute Gasteiger partial charge is 0.297 e. The lowest BCUT2D eigenvalue weighted by Gasteiger charge is -2.22. The number of carbonyl (C=O) groups is 1. The zero-order valence-corrected chi connectivity index (χ0v) is 16.1. The minimum Gasteiger partial charge on any atom is -0.450 e. The van der Waals surface area contributed by atoms with Crippen molar-refractivity contribution in [3.05, 3.63) is 92.3 Å². The van der Waals surface area contributed by atoms with Crippen LogP contribution < -0.4 is 10.3 Å². The van der Waals surface area contributed by atoms with E-state index >= 15 is 0 Å². The SMILES string of the molecule is Cc1ccc([C@H]2c3c(oc4ccc(C)cc4c3=O)C(=O)N2c2nccs2)cc1. The summed E-state index contributed by atoms with van der Waals surface area (Å²) in [6.45, 7) is 3.93. The van der Waals surface area contributed by atoms with Crippen molar-refractivity contribution in [1.82, 2.24) is 4.98 Å². The highest BCUT2D eigenvalue weighted by molar-refractivity contribution is 7.13. The second-order valence-corrected chi connectivity index (χ2v) is 7.85. The van der Waals surface area contributed by atoms with Crippen molar-refractivity contribution in [2.75, 3.05) is 4.90 Å². The van der Waals surface area contributed by atoms with Crippen molar-refractivity contribution in [3.8, 4) is 0 Å². The maximum Gasteiger partial charge on any atom is 0.297 e. The molecule has 5 rings (SSSR count). The van der Waals surface area contributed by atoms with Crippen LogP contribution in [0.4, 0.5) is 5.13 Å². The quantitative estimate of drug-likeness (QED) is 0.503. The van der Waals surface area contributed by atoms with Crippen LogP contribution in [-0.4, -0.2) is 10.9 Å². The number of rotatable bonds is 2. The molecule has 5 nitrogen and oxygen atoms in total. The standard InChI is InChI=1S/C22H16N2O3S/c1-12-3-6-14(7-4-12)18-17-19(25)15-11-13(2)5-8-16(15)27-20(17)21(26)24(18)22-23-9-10-28-22/h3-11,18H,1-2H3/t18-/m0/s1. The third-order valence-electron chi connectivity index (χ3n) is 5.04. The van der Waals surface area contributed by atoms with Crippen LogP contribution in [0.15, 0.2) is 63.3 Å². The molecule has 0 radical (unpaired) electrons. The Labute approximate surface area is 164 Å². The van der Waals surface area contributed by atoms with Crippen LogP contribution >= 0.6 is 11.3 Å². The zero-order chi connectivity index (χ0) is 19.4. The molecule has 0 saturated carbocycles. The predicted octanol–water partition coefficient (Wildman–Crippen LogP) is 4.62. The van der Waals surface area contributed by atoms with Crippen molar-refractivity contribution in [3.63, 3.8) is 0 Å². The Morgan fingerprint density at radius 3 is 2.50 bits per heavy atom. The van der Waals surface area contributed by atoms with E-state index in [1.54, 1.807) is 17.2 Å². The first-order valence-corrected chi connectivity index (χ1v) is 9.79. The molecule has 28 heavy (non-hydrogen) atoms. The number of fused-ring (bicyclic) bond motifs is 2. The molecule has 0 unspecified atom stereocenters. The lowest BCUT2D eigenvalue weighted by atomic mass is 9.97. The number of nitrogens with zero attached hydrogens (tertiary/aromatic N) is 2. The van der Waals surface area contributed by atoms with Crippen LogP contribution in [0.5, 0.6) is 0 Å². The van der Waals surface area contributed by atoms with Gasteiger partial charge in [-0.25, -0.2) is 4.98 Å². The molecule has 0 spiro atoms. The highest BCUT2D eigenvalue weighted by Crippen LogP contribution is 2.41. The number of hydrogen-bond acceptors (Lipinski definition) is 5. The zero-order valence-electron chi connectivity index (χ0n) is 15.3. The average molecular weight is 388 g/mol. The molecular formula is C22H16N2O3S. The molecule has 4 aromatic rings. The molecule has 1 aliphatic rings. The van der Waals surface area contributed by atoms with Gasteiger partial charge in [0.05, 0.1) is 17.0 Å². The third kappa shape index (κ3) is 2.42. The molecule has 2 aromatic heterocycles. The van der Waals surface area contributed by atoms with Crippen molar-refractivity contribution >= 4 is 33.3 Å². The first kappa shape index (κ1) is 16.9. The average Bonchev–Trinajstić information content (AvgIpc) is 3.30. The number of benzene rings is 2. The van der Waals surface area contributed by atoms with Gasteiger partial charge in [-0.3, -0.25) is 14.5 Å². The number of carbonyl (C=O) groups excluding carboxylic acids is 1. The maximum absolute atomic E-state index is 13.4. The summed E-state index contributed by atoms with van der Waals surface area (Å²) < 4.78 is 5.94. The van der Waals surface area contributed by atoms with E-state index in [2.05, 4.69) is 4.98 Å². The van der Waals surface area contributed by atoms with Gasteiger partial charge in [0.2, 0.25) is 5.76 Å². The largest absolute Gasteiger partial charge is 0.450 e. The van der Waals surface area contributed by atoms with E-state index in [0.717, 1.165) is 16.7 Å². The van der Waals surface area contributed by atoms with E-state index in [1.807, 2.05) is 55.6 Å². The molecule has 0 N–H and O–H groups in total. The van der Waals surface area contributed by atoms with Gasteiger partial charge in [0.25, 0.3) is 5.91 Å². The highest BCUT2D eigenvalue weighted by Gasteiger charge is 2.44. The van der Waals surface area contributed by atoms with Crippen molar-refractivity contribution in [2.24, 2.45) is 0 Å². The van der Waals surface area contributed by atoms with Gasteiger partial charge in [-0.15, -0.1) is 11.3 Å². The molecule has 1 amide bonds. The van der Waals surface area contributed by atoms with E-state index in [0.29, 0.717) is 21.7 Å². The van der Waals surface area contributed by atoms with Crippen molar-refractivity contribution in [2.45, 2.75) is 19.9 Å². The number of amides is 1. The summed E-state index contributed by atoms with van der Waals surface area (Å²) in [4.78, 5) is 32.6. The van der Waals surface area contributed by atoms with Gasteiger partial charge < -0.3 is 4.42 Å². The first-order valence-electron chi connectivity index (χ1n) is 8.91. The summed E-state index contributed by atoms with van der Waals surface area (Å²) in [6, 6.07) is 12.7. The number of aromatic nitrogens is 1. The fourth-order valence-electron chi connectivity index (χ4n) is 3.68. The molecule has 3 heterocycles. The number of thiazole rings is 1. The summed E-state index contributed by atoms with van der Waals surface area (Å²) in [5.74, 6) is -0.239. The number of hydrogen-bond donors (Lipinski definition) is 0. The molecule has 2 aromatic carbocycles. The van der Waals surface area contributed by atoms with Gasteiger partial charge in [-0.05, 0) is 31.5 Å². The summed E-state index contributed by atoms with van der Waals surface area (Å²) in [7, 11) is 0. The van der Waals surface area contributed by atoms with E-state index < -0.39 is 6.04 Å². The van der Waals surface area contributed by atoms with Crippen LogP contribution in [0.1, 0.15) is 38.9 Å². The molecule has 6 heteroatoms. The highest BCUT2D eigenvalue weighted by atomic mass is 32.1. The Bertz CT molecular complexity index is 1270. The van der Waals surface area contributed by atoms with Gasteiger partial charge in [0.15, 0.2) is 10.6 Å². The number of anilines is 1. The Morgan fingerprint density at radius 2 is 1.79 bits per heavy atom. The lowest BCUT2D eigenvalue weighted by molar-refractivity contribution is 0.0971. The molecule has 1 aliphatic heterocycles. The van der Waals surface area contributed by atoms with Gasteiger partial charge in [-0.1, -0.05) is 41.5 Å².